The Labute approximate surface area is 118 Å². The number of carbonyl (C=O) groups is 1. The van der Waals surface area contributed by atoms with Gasteiger partial charge in [-0.15, -0.1) is 0 Å². The number of rotatable bonds is 4. The lowest BCUT2D eigenvalue weighted by Gasteiger charge is -2.31. The van der Waals surface area contributed by atoms with E-state index in [-0.39, 0.29) is 5.91 Å². The van der Waals surface area contributed by atoms with Crippen molar-refractivity contribution in [1.29, 1.82) is 0 Å². The van der Waals surface area contributed by atoms with Crippen LogP contribution in [0.15, 0.2) is 35.3 Å². The zero-order valence-corrected chi connectivity index (χ0v) is 11.4. The zero-order chi connectivity index (χ0) is 13.8. The molecule has 0 bridgehead atoms. The molecule has 106 valence electrons. The molecule has 20 heavy (non-hydrogen) atoms. The topological polar surface area (TPSA) is 62.1 Å². The van der Waals surface area contributed by atoms with E-state index < -0.39 is 0 Å². The number of hydrogen-bond donors (Lipinski definition) is 1. The second-order valence-electron chi connectivity index (χ2n) is 5.24. The number of piperidine rings is 1. The Morgan fingerprint density at radius 3 is 2.95 bits per heavy atom. The van der Waals surface area contributed by atoms with Gasteiger partial charge in [-0.25, -0.2) is 4.98 Å². The highest BCUT2D eigenvalue weighted by Crippen LogP contribution is 2.26. The number of amides is 1. The van der Waals surface area contributed by atoms with E-state index in [4.69, 9.17) is 4.42 Å². The Morgan fingerprint density at radius 2 is 2.30 bits per heavy atom. The molecular weight excluding hydrogens is 254 g/mol. The predicted octanol–water partition coefficient (Wildman–Crippen LogP) is 2.34. The quantitative estimate of drug-likeness (QED) is 0.930. The Balaban J connectivity index is 1.46. The van der Waals surface area contributed by atoms with Gasteiger partial charge in [0.25, 0.3) is 0 Å². The number of nitrogens with one attached hydrogen (secondary N) is 1. The van der Waals surface area contributed by atoms with Crippen molar-refractivity contribution in [1.82, 2.24) is 14.9 Å². The van der Waals surface area contributed by atoms with E-state index in [1.807, 2.05) is 23.2 Å². The van der Waals surface area contributed by atoms with E-state index in [1.165, 1.54) is 5.69 Å². The summed E-state index contributed by atoms with van der Waals surface area (Å²) in [5.74, 6) is 1.61. The summed E-state index contributed by atoms with van der Waals surface area (Å²) in [7, 11) is 0. The minimum Gasteiger partial charge on any atom is -0.469 e. The van der Waals surface area contributed by atoms with Gasteiger partial charge in [-0.1, -0.05) is 0 Å². The number of aryl methyl sites for hydroxylation is 1. The summed E-state index contributed by atoms with van der Waals surface area (Å²) < 4.78 is 5.26. The molecule has 0 atom stereocenters. The molecule has 1 aliphatic rings. The van der Waals surface area contributed by atoms with Crippen LogP contribution in [-0.2, 0) is 11.2 Å². The summed E-state index contributed by atoms with van der Waals surface area (Å²) in [6, 6.07) is 3.77. The zero-order valence-electron chi connectivity index (χ0n) is 11.4. The Morgan fingerprint density at radius 1 is 1.45 bits per heavy atom. The van der Waals surface area contributed by atoms with Crippen LogP contribution in [0, 0.1) is 0 Å². The number of nitrogens with zero attached hydrogens (tertiary/aromatic N) is 2. The van der Waals surface area contributed by atoms with Gasteiger partial charge < -0.3 is 14.3 Å². The predicted molar refractivity (Wildman–Crippen MR) is 74.2 cm³/mol. The lowest BCUT2D eigenvalue weighted by molar-refractivity contribution is -0.132. The highest BCUT2D eigenvalue weighted by Gasteiger charge is 2.24. The number of likely N-dealkylation sites (tertiary alicyclic amines) is 1. The SMILES string of the molecule is O=C(CCc1ccco1)N1CCC(c2cnc[nH]2)CC1. The molecule has 0 aromatic carbocycles. The molecule has 0 radical (unpaired) electrons. The van der Waals surface area contributed by atoms with Crippen LogP contribution in [0.1, 0.15) is 36.6 Å². The van der Waals surface area contributed by atoms with Crippen molar-refractivity contribution in [3.05, 3.63) is 42.4 Å². The first-order chi connectivity index (χ1) is 9.83. The van der Waals surface area contributed by atoms with Crippen molar-refractivity contribution >= 4 is 5.91 Å². The largest absolute Gasteiger partial charge is 0.469 e. The molecule has 2 aromatic heterocycles. The highest BCUT2D eigenvalue weighted by molar-refractivity contribution is 5.76. The molecule has 1 amide bonds. The molecule has 5 heteroatoms. The lowest BCUT2D eigenvalue weighted by atomic mass is 9.94. The van der Waals surface area contributed by atoms with Crippen LogP contribution in [0.5, 0.6) is 0 Å². The Kier molecular flexibility index (Phi) is 3.85. The van der Waals surface area contributed by atoms with E-state index in [0.29, 0.717) is 18.8 Å². The minimum absolute atomic E-state index is 0.226. The van der Waals surface area contributed by atoms with Crippen molar-refractivity contribution in [2.75, 3.05) is 13.1 Å². The number of H-pyrrole nitrogens is 1. The summed E-state index contributed by atoms with van der Waals surface area (Å²) >= 11 is 0. The summed E-state index contributed by atoms with van der Waals surface area (Å²) in [5.41, 5.74) is 1.19. The maximum absolute atomic E-state index is 12.2. The number of furan rings is 1. The highest BCUT2D eigenvalue weighted by atomic mass is 16.3. The minimum atomic E-state index is 0.226. The molecule has 2 aromatic rings. The van der Waals surface area contributed by atoms with Gasteiger partial charge in [-0.2, -0.15) is 0 Å². The van der Waals surface area contributed by atoms with E-state index in [1.54, 1.807) is 12.6 Å². The van der Waals surface area contributed by atoms with E-state index in [2.05, 4.69) is 9.97 Å². The number of carbonyl (C=O) groups excluding carboxylic acids is 1. The van der Waals surface area contributed by atoms with Crippen molar-refractivity contribution in [3.63, 3.8) is 0 Å². The molecule has 0 spiro atoms. The van der Waals surface area contributed by atoms with Crippen molar-refractivity contribution in [2.45, 2.75) is 31.6 Å². The van der Waals surface area contributed by atoms with Crippen LogP contribution < -0.4 is 0 Å². The molecule has 1 aliphatic heterocycles. The molecule has 1 fully saturated rings. The fraction of sp³-hybridized carbons (Fsp3) is 0.467. The number of imidazole rings is 1. The molecule has 1 saturated heterocycles. The maximum atomic E-state index is 12.2. The standard InChI is InChI=1S/C15H19N3O2/c19-15(4-3-13-2-1-9-20-13)18-7-5-12(6-8-18)14-10-16-11-17-14/h1-2,9-12H,3-8H2,(H,16,17). The van der Waals surface area contributed by atoms with E-state index in [0.717, 1.165) is 31.7 Å². The van der Waals surface area contributed by atoms with Crippen molar-refractivity contribution in [3.8, 4) is 0 Å². The van der Waals surface area contributed by atoms with Gasteiger partial charge in [0.1, 0.15) is 5.76 Å². The number of aromatic amines is 1. The maximum Gasteiger partial charge on any atom is 0.223 e. The molecule has 5 nitrogen and oxygen atoms in total. The third kappa shape index (κ3) is 2.92. The molecule has 3 heterocycles. The molecule has 0 aliphatic carbocycles. The van der Waals surface area contributed by atoms with Crippen LogP contribution >= 0.6 is 0 Å². The normalized spacial score (nSPS) is 16.5. The number of hydrogen-bond acceptors (Lipinski definition) is 3. The van der Waals surface area contributed by atoms with Crippen molar-refractivity contribution in [2.24, 2.45) is 0 Å². The molecule has 0 saturated carbocycles. The monoisotopic (exact) mass is 273 g/mol. The summed E-state index contributed by atoms with van der Waals surface area (Å²) in [6.45, 7) is 1.67. The fourth-order valence-electron chi connectivity index (χ4n) is 2.77. The second-order valence-corrected chi connectivity index (χ2v) is 5.24. The van der Waals surface area contributed by atoms with Crippen LogP contribution in [0.4, 0.5) is 0 Å². The summed E-state index contributed by atoms with van der Waals surface area (Å²) in [4.78, 5) is 21.3. The third-order valence-corrected chi connectivity index (χ3v) is 3.97. The van der Waals surface area contributed by atoms with Crippen molar-refractivity contribution < 1.29 is 9.21 Å². The van der Waals surface area contributed by atoms with Crippen LogP contribution in [0.25, 0.3) is 0 Å². The lowest BCUT2D eigenvalue weighted by Crippen LogP contribution is -2.38. The van der Waals surface area contributed by atoms with Crippen LogP contribution in [-0.4, -0.2) is 33.9 Å². The average Bonchev–Trinajstić information content (AvgIpc) is 3.18. The molecular formula is C15H19N3O2. The Hall–Kier alpha value is -2.04. The molecule has 3 rings (SSSR count). The van der Waals surface area contributed by atoms with Gasteiger partial charge >= 0.3 is 0 Å². The smallest absolute Gasteiger partial charge is 0.223 e. The summed E-state index contributed by atoms with van der Waals surface area (Å²) in [6.07, 6.45) is 8.49. The van der Waals surface area contributed by atoms with Gasteiger partial charge in [0.2, 0.25) is 5.91 Å². The van der Waals surface area contributed by atoms with Gasteiger partial charge in [-0.3, -0.25) is 4.79 Å². The fourth-order valence-corrected chi connectivity index (χ4v) is 2.77. The van der Waals surface area contributed by atoms with Gasteiger partial charge in [0, 0.05) is 43.7 Å². The van der Waals surface area contributed by atoms with E-state index >= 15 is 0 Å². The Bertz CT molecular complexity index is 525. The van der Waals surface area contributed by atoms with Crippen LogP contribution in [0.3, 0.4) is 0 Å². The first-order valence-electron chi connectivity index (χ1n) is 7.11. The van der Waals surface area contributed by atoms with Crippen LogP contribution in [0.2, 0.25) is 0 Å². The third-order valence-electron chi connectivity index (χ3n) is 3.97. The molecule has 0 unspecified atom stereocenters. The first kappa shape index (κ1) is 13.0. The number of aromatic nitrogens is 2. The van der Waals surface area contributed by atoms with Gasteiger partial charge in [0.05, 0.1) is 12.6 Å². The average molecular weight is 273 g/mol. The molecule has 1 N–H and O–H groups in total. The van der Waals surface area contributed by atoms with Gasteiger partial charge in [0.15, 0.2) is 0 Å². The van der Waals surface area contributed by atoms with E-state index in [9.17, 15) is 4.79 Å². The first-order valence-corrected chi connectivity index (χ1v) is 7.11. The second kappa shape index (κ2) is 5.94. The summed E-state index contributed by atoms with van der Waals surface area (Å²) in [5, 5.41) is 0. The van der Waals surface area contributed by atoms with Gasteiger partial charge in [-0.05, 0) is 25.0 Å².